The van der Waals surface area contributed by atoms with Gasteiger partial charge in [0.15, 0.2) is 15.2 Å². The zero-order valence-corrected chi connectivity index (χ0v) is 14.3. The summed E-state index contributed by atoms with van der Waals surface area (Å²) in [5.74, 6) is -4.10. The molecule has 27 heavy (non-hydrogen) atoms. The third kappa shape index (κ3) is 3.25. The van der Waals surface area contributed by atoms with Crippen LogP contribution in [0, 0.1) is 5.21 Å². The first-order valence-corrected chi connectivity index (χ1v) is 9.22. The molecular weight excluding hydrogens is 378 g/mol. The molecule has 2 aliphatic rings. The number of aliphatic carboxylic acids is 1. The Balaban J connectivity index is 2.07. The monoisotopic (exact) mass is 390 g/mol. The molecule has 11 heteroatoms. The zero-order chi connectivity index (χ0) is 19.8. The number of carbonyl (C=O) groups is 3. The summed E-state index contributed by atoms with van der Waals surface area (Å²) < 4.78 is 25.2. The van der Waals surface area contributed by atoms with Gasteiger partial charge in [-0.2, -0.15) is 0 Å². The van der Waals surface area contributed by atoms with Crippen molar-refractivity contribution >= 4 is 33.7 Å². The lowest BCUT2D eigenvalue weighted by Gasteiger charge is -2.45. The Morgan fingerprint density at radius 1 is 1.37 bits per heavy atom. The van der Waals surface area contributed by atoms with Crippen molar-refractivity contribution in [1.29, 1.82) is 0 Å². The zero-order valence-electron chi connectivity index (χ0n) is 13.5. The number of hydrogen-bond donors (Lipinski definition) is 2. The molecule has 0 aromatic carbocycles. The van der Waals surface area contributed by atoms with Crippen LogP contribution >= 0.6 is 0 Å². The fraction of sp³-hybridized carbons (Fsp3) is 0.125. The number of sulfone groups is 1. The van der Waals surface area contributed by atoms with Crippen LogP contribution in [0.2, 0.25) is 0 Å². The summed E-state index contributed by atoms with van der Waals surface area (Å²) in [7, 11) is -3.97. The number of carbonyl (C=O) groups excluding carboxylic acids is 2. The van der Waals surface area contributed by atoms with Gasteiger partial charge in [-0.25, -0.2) is 13.2 Å². The lowest BCUT2D eigenvalue weighted by atomic mass is 10.0. The van der Waals surface area contributed by atoms with E-state index in [-0.39, 0.29) is 11.1 Å². The van der Waals surface area contributed by atoms with Crippen molar-refractivity contribution < 1.29 is 27.9 Å². The molecule has 1 fully saturated rings. The topological polar surface area (TPSA) is 157 Å². The molecule has 3 heterocycles. The van der Waals surface area contributed by atoms with E-state index in [1.54, 1.807) is 18.2 Å². The van der Waals surface area contributed by atoms with Gasteiger partial charge in [0.25, 0.3) is 5.91 Å². The molecule has 0 bridgehead atoms. The summed E-state index contributed by atoms with van der Waals surface area (Å²) in [5.41, 5.74) is 0.502. The van der Waals surface area contributed by atoms with Crippen molar-refractivity contribution in [3.8, 4) is 0 Å². The van der Waals surface area contributed by atoms with Gasteiger partial charge >= 0.3 is 5.97 Å². The number of β-lactam (4-membered cyclic amide) rings is 1. The molecule has 0 aliphatic carbocycles. The molecule has 1 atom stereocenters. The van der Waals surface area contributed by atoms with Gasteiger partial charge in [0.2, 0.25) is 5.91 Å². The Labute approximate surface area is 153 Å². The molecule has 1 saturated heterocycles. The number of carboxylic acid groups (broad SMARTS) is 1. The molecule has 1 aromatic rings. The SMILES string of the molecule is O=C(/C=C/C1=C(C(=O)O)N2C(=O)/C(=C/c3ccccn3)[C@H]2S(=O)(=O)C1)N[O-]. The highest BCUT2D eigenvalue weighted by Crippen LogP contribution is 2.41. The molecule has 0 radical (unpaired) electrons. The smallest absolute Gasteiger partial charge is 0.352 e. The van der Waals surface area contributed by atoms with Gasteiger partial charge in [-0.1, -0.05) is 12.1 Å². The van der Waals surface area contributed by atoms with Crippen molar-refractivity contribution in [1.82, 2.24) is 15.4 Å². The van der Waals surface area contributed by atoms with E-state index in [1.807, 2.05) is 0 Å². The minimum atomic E-state index is -3.97. The molecule has 10 nitrogen and oxygen atoms in total. The summed E-state index contributed by atoms with van der Waals surface area (Å²) in [6.45, 7) is 0. The lowest BCUT2D eigenvalue weighted by Crippen LogP contribution is -2.62. The number of hydrogen-bond acceptors (Lipinski definition) is 7. The largest absolute Gasteiger partial charge is 0.759 e. The molecule has 0 saturated carbocycles. The van der Waals surface area contributed by atoms with Crippen LogP contribution in [0.15, 0.2) is 53.4 Å². The predicted molar refractivity (Wildman–Crippen MR) is 91.9 cm³/mol. The highest BCUT2D eigenvalue weighted by molar-refractivity contribution is 7.92. The van der Waals surface area contributed by atoms with Crippen LogP contribution in [0.25, 0.3) is 6.08 Å². The fourth-order valence-corrected chi connectivity index (χ4v) is 4.75. The maximum absolute atomic E-state index is 12.6. The maximum Gasteiger partial charge on any atom is 0.352 e. The Kier molecular flexibility index (Phi) is 4.64. The van der Waals surface area contributed by atoms with Crippen molar-refractivity contribution in [3.63, 3.8) is 0 Å². The van der Waals surface area contributed by atoms with Crippen LogP contribution in [0.1, 0.15) is 5.69 Å². The fourth-order valence-electron chi connectivity index (χ4n) is 2.85. The Morgan fingerprint density at radius 3 is 2.70 bits per heavy atom. The van der Waals surface area contributed by atoms with Gasteiger partial charge < -0.3 is 15.8 Å². The van der Waals surface area contributed by atoms with E-state index < -0.39 is 44.4 Å². The average Bonchev–Trinajstić information content (AvgIpc) is 2.63. The van der Waals surface area contributed by atoms with E-state index in [4.69, 9.17) is 0 Å². The highest BCUT2D eigenvalue weighted by Gasteiger charge is 2.56. The Morgan fingerprint density at radius 2 is 2.11 bits per heavy atom. The Bertz CT molecular complexity index is 1030. The summed E-state index contributed by atoms with van der Waals surface area (Å²) >= 11 is 0. The number of fused-ring (bicyclic) bond motifs is 1. The first-order chi connectivity index (χ1) is 12.8. The third-order valence-corrected chi connectivity index (χ3v) is 5.80. The van der Waals surface area contributed by atoms with Crippen LogP contribution < -0.4 is 5.48 Å². The molecule has 0 spiro atoms. The van der Waals surface area contributed by atoms with Crippen LogP contribution in [-0.2, 0) is 24.2 Å². The van der Waals surface area contributed by atoms with Gasteiger partial charge in [0, 0.05) is 12.3 Å². The van der Waals surface area contributed by atoms with Crippen molar-refractivity contribution in [2.24, 2.45) is 0 Å². The number of pyridine rings is 1. The van der Waals surface area contributed by atoms with E-state index in [9.17, 15) is 33.1 Å². The first kappa shape index (κ1) is 18.5. The molecule has 0 unspecified atom stereocenters. The number of hydroxylamine groups is 1. The van der Waals surface area contributed by atoms with Gasteiger partial charge in [0.1, 0.15) is 5.70 Å². The summed E-state index contributed by atoms with van der Waals surface area (Å²) in [5, 5.41) is 18.3. The van der Waals surface area contributed by atoms with Crippen molar-refractivity contribution in [2.45, 2.75) is 5.37 Å². The average molecular weight is 390 g/mol. The van der Waals surface area contributed by atoms with Gasteiger partial charge in [-0.05, 0) is 23.8 Å². The number of nitrogens with zero attached hydrogens (tertiary/aromatic N) is 2. The highest BCUT2D eigenvalue weighted by atomic mass is 32.2. The minimum absolute atomic E-state index is 0.0900. The second-order valence-electron chi connectivity index (χ2n) is 5.67. The normalized spacial score (nSPS) is 22.6. The molecule has 140 valence electrons. The summed E-state index contributed by atoms with van der Waals surface area (Å²) in [4.78, 5) is 39.8. The molecular formula is C16H12N3O7S-. The van der Waals surface area contributed by atoms with Gasteiger partial charge in [0.05, 0.1) is 17.0 Å². The van der Waals surface area contributed by atoms with E-state index in [1.165, 1.54) is 12.3 Å². The van der Waals surface area contributed by atoms with Crippen LogP contribution in [0.3, 0.4) is 0 Å². The van der Waals surface area contributed by atoms with E-state index in [0.717, 1.165) is 11.6 Å². The van der Waals surface area contributed by atoms with Crippen molar-refractivity contribution in [3.05, 3.63) is 64.3 Å². The van der Waals surface area contributed by atoms with Crippen LogP contribution in [0.5, 0.6) is 0 Å². The number of nitrogens with one attached hydrogen (secondary N) is 1. The van der Waals surface area contributed by atoms with Crippen LogP contribution in [-0.4, -0.2) is 52.3 Å². The second-order valence-corrected chi connectivity index (χ2v) is 7.73. The molecule has 2 N–H and O–H groups in total. The second kappa shape index (κ2) is 6.78. The van der Waals surface area contributed by atoms with E-state index in [0.29, 0.717) is 16.7 Å². The number of allylic oxidation sites excluding steroid dienone is 1. The molecule has 2 amide bonds. The third-order valence-electron chi connectivity index (χ3n) is 3.94. The Hall–Kier alpha value is -3.31. The lowest BCUT2D eigenvalue weighted by molar-refractivity contribution is -0.141. The van der Waals surface area contributed by atoms with Crippen LogP contribution in [0.4, 0.5) is 0 Å². The summed E-state index contributed by atoms with van der Waals surface area (Å²) in [6, 6.07) is 4.88. The first-order valence-electron chi connectivity index (χ1n) is 7.50. The minimum Gasteiger partial charge on any atom is -0.759 e. The maximum atomic E-state index is 12.6. The number of aromatic nitrogens is 1. The van der Waals surface area contributed by atoms with Gasteiger partial charge in [-0.3, -0.25) is 19.5 Å². The predicted octanol–water partition coefficient (Wildman–Crippen LogP) is -0.429. The standard InChI is InChI=1S/C16H12N3O7S/c20-12(18-24)5-4-9-8-27(25,26)15-11(7-10-3-1-2-6-17-10)14(21)19(15)13(9)16(22)23/h1-7,15H,8H2,(H2-,17,18,20,21,22,23,24)/q-1/b5-4+/t15-/m1/s1. The molecule has 1 aromatic heterocycles. The molecule has 3 rings (SSSR count). The summed E-state index contributed by atoms with van der Waals surface area (Å²) in [6.07, 6.45) is 4.37. The van der Waals surface area contributed by atoms with Gasteiger partial charge in [-0.15, -0.1) is 0 Å². The number of rotatable bonds is 4. The number of amides is 2. The number of carboxylic acids is 1. The quantitative estimate of drug-likeness (QED) is 0.398. The van der Waals surface area contributed by atoms with Crippen molar-refractivity contribution in [2.75, 3.05) is 5.75 Å². The van der Waals surface area contributed by atoms with E-state index >= 15 is 0 Å². The van der Waals surface area contributed by atoms with E-state index in [2.05, 4.69) is 4.98 Å². The molecule has 2 aliphatic heterocycles.